The van der Waals surface area contributed by atoms with Crippen LogP contribution in [0.3, 0.4) is 0 Å². The van der Waals surface area contributed by atoms with Crippen LogP contribution < -0.4 is 11.4 Å². The van der Waals surface area contributed by atoms with E-state index in [0.29, 0.717) is 0 Å². The van der Waals surface area contributed by atoms with Gasteiger partial charge in [0.2, 0.25) is 7.37 Å². The van der Waals surface area contributed by atoms with Gasteiger partial charge in [0.15, 0.2) is 6.23 Å². The molecule has 130 valence electrons. The first-order chi connectivity index (χ1) is 10.7. The second-order valence-electron chi connectivity index (χ2n) is 5.35. The largest absolute Gasteiger partial charge is 0.387 e. The van der Waals surface area contributed by atoms with Crippen molar-refractivity contribution in [2.45, 2.75) is 24.5 Å². The molecule has 10 nitrogen and oxygen atoms in total. The molecular formula is C12H20N3O7P. The predicted molar refractivity (Wildman–Crippen MR) is 80.2 cm³/mol. The third kappa shape index (κ3) is 4.37. The highest BCUT2D eigenvalue weighted by Crippen LogP contribution is 2.36. The Labute approximate surface area is 132 Å². The van der Waals surface area contributed by atoms with E-state index in [1.807, 2.05) is 0 Å². The predicted octanol–water partition coefficient (Wildman–Crippen LogP) is -1.03. The van der Waals surface area contributed by atoms with Crippen LogP contribution in [-0.4, -0.2) is 64.6 Å². The van der Waals surface area contributed by atoms with Gasteiger partial charge in [-0.1, -0.05) is 0 Å². The minimum atomic E-state index is -3.32. The number of methoxy groups -OCH3 is 1. The molecule has 11 heteroatoms. The number of aromatic nitrogens is 2. The maximum absolute atomic E-state index is 11.9. The average Bonchev–Trinajstić information content (AvgIpc) is 2.74. The summed E-state index contributed by atoms with van der Waals surface area (Å²) < 4.78 is 28.3. The van der Waals surface area contributed by atoms with Crippen molar-refractivity contribution in [3.8, 4) is 0 Å². The Morgan fingerprint density at radius 2 is 2.26 bits per heavy atom. The van der Waals surface area contributed by atoms with Crippen molar-refractivity contribution >= 4 is 13.2 Å². The van der Waals surface area contributed by atoms with Crippen LogP contribution in [0.5, 0.6) is 0 Å². The van der Waals surface area contributed by atoms with Crippen LogP contribution in [0, 0.1) is 0 Å². The minimum Gasteiger partial charge on any atom is -0.387 e. The first-order valence-corrected chi connectivity index (χ1v) is 9.10. The maximum atomic E-state index is 11.9. The zero-order valence-corrected chi connectivity index (χ0v) is 13.6. The van der Waals surface area contributed by atoms with Gasteiger partial charge >= 0.3 is 5.69 Å². The molecule has 2 heterocycles. The van der Waals surface area contributed by atoms with Gasteiger partial charge in [-0.05, 0) is 6.07 Å². The first kappa shape index (κ1) is 18.1. The van der Waals surface area contributed by atoms with Crippen LogP contribution in [0.2, 0.25) is 0 Å². The number of aliphatic hydroxyl groups excluding tert-OH is 1. The second-order valence-corrected chi connectivity index (χ2v) is 7.71. The van der Waals surface area contributed by atoms with Gasteiger partial charge in [0, 0.05) is 20.0 Å². The lowest BCUT2D eigenvalue weighted by atomic mass is 10.1. The van der Waals surface area contributed by atoms with Gasteiger partial charge in [-0.2, -0.15) is 4.98 Å². The molecule has 1 saturated heterocycles. The van der Waals surface area contributed by atoms with Gasteiger partial charge in [0.25, 0.3) is 0 Å². The second kappa shape index (κ2) is 7.08. The molecule has 0 amide bonds. The molecule has 1 aromatic heterocycles. The molecular weight excluding hydrogens is 329 g/mol. The molecule has 1 aromatic rings. The number of nitrogens with zero attached hydrogens (tertiary/aromatic N) is 2. The number of anilines is 1. The third-order valence-corrected chi connectivity index (χ3v) is 3.99. The van der Waals surface area contributed by atoms with Crippen LogP contribution >= 0.6 is 7.37 Å². The maximum Gasteiger partial charge on any atom is 0.351 e. The van der Waals surface area contributed by atoms with Crippen molar-refractivity contribution in [2.75, 3.05) is 32.5 Å². The Hall–Kier alpha value is -1.29. The standard InChI is InChI=1S/C12H20N3O7P/c1-20-10-9(16)7(5-21-6-23(2,18)19)22-11(10)15-4-3-8(13)14-12(15)17/h3-4,7,9-11,16H,5-6H2,1-2H3,(H,18,19)(H2,13,14,17)/t7-,9?,10?,11-/m1/s1. The summed E-state index contributed by atoms with van der Waals surface area (Å²) in [5.41, 5.74) is 4.80. The van der Waals surface area contributed by atoms with Crippen molar-refractivity contribution in [3.05, 3.63) is 22.7 Å². The van der Waals surface area contributed by atoms with Gasteiger partial charge in [-0.25, -0.2) is 4.79 Å². The number of nitrogens with two attached hydrogens (primary N) is 1. The summed E-state index contributed by atoms with van der Waals surface area (Å²) >= 11 is 0. The molecule has 1 aliphatic heterocycles. The molecule has 0 saturated carbocycles. The SMILES string of the molecule is COC1C(O)[C@@H](COCP(C)(=O)O)O[C@H]1n1ccc(N)nc1=O. The van der Waals surface area contributed by atoms with Crippen LogP contribution in [0.25, 0.3) is 0 Å². The van der Waals surface area contributed by atoms with Crippen molar-refractivity contribution < 1.29 is 28.8 Å². The normalized spacial score (nSPS) is 30.3. The molecule has 0 aromatic carbocycles. The van der Waals surface area contributed by atoms with Gasteiger partial charge in [0.05, 0.1) is 6.61 Å². The van der Waals surface area contributed by atoms with E-state index in [2.05, 4.69) is 4.98 Å². The Bertz CT molecular complexity index is 646. The van der Waals surface area contributed by atoms with Crippen LogP contribution in [-0.2, 0) is 18.8 Å². The molecule has 0 aliphatic carbocycles. The fraction of sp³-hybridized carbons (Fsp3) is 0.667. The van der Waals surface area contributed by atoms with Crippen molar-refractivity contribution in [2.24, 2.45) is 0 Å². The van der Waals surface area contributed by atoms with Gasteiger partial charge in [-0.15, -0.1) is 0 Å². The van der Waals surface area contributed by atoms with E-state index in [0.717, 1.165) is 4.57 Å². The molecule has 4 N–H and O–H groups in total. The molecule has 0 radical (unpaired) electrons. The number of ether oxygens (including phenoxy) is 3. The van der Waals surface area contributed by atoms with Crippen molar-refractivity contribution in [1.82, 2.24) is 9.55 Å². The molecule has 1 aliphatic rings. The Kier molecular flexibility index (Phi) is 5.56. The highest BCUT2D eigenvalue weighted by atomic mass is 31.2. The Balaban J connectivity index is 2.12. The Morgan fingerprint density at radius 3 is 2.83 bits per heavy atom. The molecule has 2 rings (SSSR count). The smallest absolute Gasteiger partial charge is 0.351 e. The molecule has 3 unspecified atom stereocenters. The number of hydrogen-bond donors (Lipinski definition) is 3. The first-order valence-electron chi connectivity index (χ1n) is 6.81. The van der Waals surface area contributed by atoms with E-state index < -0.39 is 37.6 Å². The zero-order chi connectivity index (χ0) is 17.2. The summed E-state index contributed by atoms with van der Waals surface area (Å²) in [7, 11) is -1.95. The highest BCUT2D eigenvalue weighted by Gasteiger charge is 2.45. The summed E-state index contributed by atoms with van der Waals surface area (Å²) in [5.74, 6) is 0.0697. The van der Waals surface area contributed by atoms with E-state index in [4.69, 9.17) is 19.9 Å². The monoisotopic (exact) mass is 349 g/mol. The lowest BCUT2D eigenvalue weighted by molar-refractivity contribution is -0.0686. The van der Waals surface area contributed by atoms with Crippen LogP contribution in [0.15, 0.2) is 17.1 Å². The van der Waals surface area contributed by atoms with Gasteiger partial charge < -0.3 is 29.9 Å². The van der Waals surface area contributed by atoms with E-state index in [1.54, 1.807) is 0 Å². The number of nitrogen functional groups attached to an aromatic ring is 1. The molecule has 0 spiro atoms. The molecule has 23 heavy (non-hydrogen) atoms. The topological polar surface area (TPSA) is 146 Å². The minimum absolute atomic E-state index is 0.0697. The van der Waals surface area contributed by atoms with Crippen LogP contribution in [0.1, 0.15) is 6.23 Å². The van der Waals surface area contributed by atoms with Crippen molar-refractivity contribution in [1.29, 1.82) is 0 Å². The highest BCUT2D eigenvalue weighted by molar-refractivity contribution is 7.56. The van der Waals surface area contributed by atoms with E-state index in [9.17, 15) is 19.4 Å². The molecule has 5 atom stereocenters. The van der Waals surface area contributed by atoms with E-state index in [-0.39, 0.29) is 18.8 Å². The van der Waals surface area contributed by atoms with E-state index in [1.165, 1.54) is 26.0 Å². The number of hydrogen-bond acceptors (Lipinski definition) is 8. The fourth-order valence-corrected chi connectivity index (χ4v) is 2.74. The fourth-order valence-electron chi connectivity index (χ4n) is 2.29. The average molecular weight is 349 g/mol. The summed E-state index contributed by atoms with van der Waals surface area (Å²) in [6, 6.07) is 1.42. The summed E-state index contributed by atoms with van der Waals surface area (Å²) in [6.07, 6.45) is -2.59. The Morgan fingerprint density at radius 1 is 1.57 bits per heavy atom. The van der Waals surface area contributed by atoms with Crippen molar-refractivity contribution in [3.63, 3.8) is 0 Å². The van der Waals surface area contributed by atoms with Gasteiger partial charge in [-0.3, -0.25) is 9.13 Å². The van der Waals surface area contributed by atoms with Crippen LogP contribution in [0.4, 0.5) is 5.82 Å². The number of rotatable bonds is 6. The summed E-state index contributed by atoms with van der Waals surface area (Å²) in [6.45, 7) is 1.05. The summed E-state index contributed by atoms with van der Waals surface area (Å²) in [4.78, 5) is 24.7. The zero-order valence-electron chi connectivity index (χ0n) is 12.7. The van der Waals surface area contributed by atoms with Gasteiger partial charge in [0.1, 0.15) is 30.5 Å². The molecule has 1 fully saturated rings. The van der Waals surface area contributed by atoms with E-state index >= 15 is 0 Å². The molecule has 0 bridgehead atoms. The third-order valence-electron chi connectivity index (χ3n) is 3.32. The quantitative estimate of drug-likeness (QED) is 0.549. The number of aliphatic hydroxyl groups is 1. The lowest BCUT2D eigenvalue weighted by Crippen LogP contribution is -2.37. The summed E-state index contributed by atoms with van der Waals surface area (Å²) in [5, 5.41) is 10.2. The lowest BCUT2D eigenvalue weighted by Gasteiger charge is -2.20.